The number of aromatic carboxylic acids is 1. The number of carboxylic acids is 1. The molecule has 1 fully saturated rings. The van der Waals surface area contributed by atoms with Crippen molar-refractivity contribution in [1.29, 1.82) is 0 Å². The van der Waals surface area contributed by atoms with Gasteiger partial charge in [-0.3, -0.25) is 4.79 Å². The monoisotopic (exact) mass is 370 g/mol. The van der Waals surface area contributed by atoms with Gasteiger partial charge in [0, 0.05) is 23.0 Å². The number of rotatable bonds is 3. The molecule has 1 aliphatic rings. The van der Waals surface area contributed by atoms with Gasteiger partial charge in [-0.15, -0.1) is 0 Å². The molecule has 2 aromatic carbocycles. The number of halogens is 2. The number of aryl methyl sites for hydroxylation is 1. The average Bonchev–Trinajstić information content (AvgIpc) is 3.34. The van der Waals surface area contributed by atoms with Gasteiger partial charge < -0.3 is 15.4 Å². The van der Waals surface area contributed by atoms with E-state index in [-0.39, 0.29) is 5.39 Å². The highest BCUT2D eigenvalue weighted by Gasteiger charge is 2.44. The van der Waals surface area contributed by atoms with Gasteiger partial charge in [0.05, 0.1) is 10.9 Å². The summed E-state index contributed by atoms with van der Waals surface area (Å²) in [5.74, 6) is -2.49. The molecule has 0 radical (unpaired) electrons. The van der Waals surface area contributed by atoms with E-state index in [4.69, 9.17) is 5.73 Å². The zero-order valence-electron chi connectivity index (χ0n) is 14.4. The minimum Gasteiger partial charge on any atom is -0.477 e. The van der Waals surface area contributed by atoms with E-state index in [0.717, 1.165) is 6.07 Å². The van der Waals surface area contributed by atoms with Gasteiger partial charge in [-0.2, -0.15) is 0 Å². The first-order valence-electron chi connectivity index (χ1n) is 8.40. The number of benzene rings is 2. The van der Waals surface area contributed by atoms with Crippen molar-refractivity contribution in [3.63, 3.8) is 0 Å². The fourth-order valence-corrected chi connectivity index (χ4v) is 3.60. The molecule has 7 heteroatoms. The molecular weight excluding hydrogens is 354 g/mol. The van der Waals surface area contributed by atoms with Crippen molar-refractivity contribution in [3.05, 3.63) is 75.1 Å². The van der Waals surface area contributed by atoms with E-state index in [2.05, 4.69) is 0 Å². The topological polar surface area (TPSA) is 85.3 Å². The van der Waals surface area contributed by atoms with Crippen LogP contribution in [0.3, 0.4) is 0 Å². The van der Waals surface area contributed by atoms with Crippen molar-refractivity contribution < 1.29 is 18.7 Å². The molecule has 3 aromatic rings. The summed E-state index contributed by atoms with van der Waals surface area (Å²) in [6.45, 7) is 1.66. The van der Waals surface area contributed by atoms with Crippen molar-refractivity contribution in [2.45, 2.75) is 25.3 Å². The fourth-order valence-electron chi connectivity index (χ4n) is 3.60. The molecule has 0 saturated heterocycles. The Morgan fingerprint density at radius 1 is 1.22 bits per heavy atom. The van der Waals surface area contributed by atoms with Gasteiger partial charge in [0.15, 0.2) is 0 Å². The maximum atomic E-state index is 14.8. The van der Waals surface area contributed by atoms with Crippen LogP contribution >= 0.6 is 0 Å². The number of carbonyl (C=O) groups is 1. The van der Waals surface area contributed by atoms with Gasteiger partial charge in [-0.25, -0.2) is 13.6 Å². The van der Waals surface area contributed by atoms with Gasteiger partial charge in [0.25, 0.3) is 0 Å². The van der Waals surface area contributed by atoms with E-state index in [9.17, 15) is 23.5 Å². The van der Waals surface area contributed by atoms with Crippen LogP contribution in [0.2, 0.25) is 0 Å². The molecule has 0 unspecified atom stereocenters. The standard InChI is InChI=1S/C20H16F2N2O3/c1-10-16(20(23)6-7-20)15(22)8-13-17(10)24(9-14(18(13)25)19(26)27)12-4-2-11(21)3-5-12/h2-5,8-9H,6-7,23H2,1H3,(H,26,27). The second kappa shape index (κ2) is 5.72. The predicted octanol–water partition coefficient (Wildman–Crippen LogP) is 3.22. The highest BCUT2D eigenvalue weighted by Crippen LogP contribution is 2.46. The molecule has 1 heterocycles. The molecule has 1 aromatic heterocycles. The zero-order valence-corrected chi connectivity index (χ0v) is 14.4. The Balaban J connectivity index is 2.17. The second-order valence-electron chi connectivity index (χ2n) is 6.93. The van der Waals surface area contributed by atoms with Crippen molar-refractivity contribution in [2.75, 3.05) is 0 Å². The Morgan fingerprint density at radius 2 is 1.85 bits per heavy atom. The third kappa shape index (κ3) is 2.62. The molecule has 1 saturated carbocycles. The Bertz CT molecular complexity index is 1160. The number of aromatic nitrogens is 1. The second-order valence-corrected chi connectivity index (χ2v) is 6.93. The SMILES string of the molecule is Cc1c(C2(N)CC2)c(F)cc2c(=O)c(C(=O)O)cn(-c3ccc(F)cc3)c12. The van der Waals surface area contributed by atoms with E-state index >= 15 is 0 Å². The summed E-state index contributed by atoms with van der Waals surface area (Å²) in [5.41, 5.74) is 5.79. The summed E-state index contributed by atoms with van der Waals surface area (Å²) in [6.07, 6.45) is 2.44. The lowest BCUT2D eigenvalue weighted by atomic mass is 9.95. The summed E-state index contributed by atoms with van der Waals surface area (Å²) in [6, 6.07) is 6.43. The van der Waals surface area contributed by atoms with E-state index < -0.39 is 34.1 Å². The summed E-state index contributed by atoms with van der Waals surface area (Å²) in [4.78, 5) is 24.2. The van der Waals surface area contributed by atoms with Crippen molar-refractivity contribution in [2.24, 2.45) is 5.73 Å². The maximum Gasteiger partial charge on any atom is 0.341 e. The van der Waals surface area contributed by atoms with E-state index in [1.165, 1.54) is 35.0 Å². The van der Waals surface area contributed by atoms with Gasteiger partial charge in [-0.05, 0) is 55.7 Å². The van der Waals surface area contributed by atoms with E-state index in [0.29, 0.717) is 35.2 Å². The lowest BCUT2D eigenvalue weighted by molar-refractivity contribution is 0.0695. The first-order chi connectivity index (χ1) is 12.7. The van der Waals surface area contributed by atoms with Crippen LogP contribution in [0.4, 0.5) is 8.78 Å². The van der Waals surface area contributed by atoms with Crippen LogP contribution in [0.25, 0.3) is 16.6 Å². The first kappa shape index (κ1) is 17.4. The molecule has 3 N–H and O–H groups in total. The molecule has 27 heavy (non-hydrogen) atoms. The molecule has 1 aliphatic carbocycles. The number of hydrogen-bond acceptors (Lipinski definition) is 3. The molecular formula is C20H16F2N2O3. The van der Waals surface area contributed by atoms with Gasteiger partial charge >= 0.3 is 5.97 Å². The maximum absolute atomic E-state index is 14.8. The third-order valence-corrected chi connectivity index (χ3v) is 5.11. The molecule has 0 spiro atoms. The minimum absolute atomic E-state index is 0.0535. The van der Waals surface area contributed by atoms with Crippen LogP contribution in [0.5, 0.6) is 0 Å². The van der Waals surface area contributed by atoms with Crippen LogP contribution in [0, 0.1) is 18.6 Å². The predicted molar refractivity (Wildman–Crippen MR) is 96.3 cm³/mol. The summed E-state index contributed by atoms with van der Waals surface area (Å²) in [5, 5.41) is 9.33. The van der Waals surface area contributed by atoms with Crippen molar-refractivity contribution >= 4 is 16.9 Å². The van der Waals surface area contributed by atoms with E-state index in [1.54, 1.807) is 6.92 Å². The molecule has 0 atom stereocenters. The molecule has 0 amide bonds. The normalized spacial score (nSPS) is 15.1. The molecule has 4 rings (SSSR count). The number of fused-ring (bicyclic) bond motifs is 1. The smallest absolute Gasteiger partial charge is 0.341 e. The van der Waals surface area contributed by atoms with Gasteiger partial charge in [0.2, 0.25) is 5.43 Å². The minimum atomic E-state index is -1.42. The molecule has 0 aliphatic heterocycles. The average molecular weight is 370 g/mol. The van der Waals surface area contributed by atoms with E-state index in [1.807, 2.05) is 0 Å². The summed E-state index contributed by atoms with van der Waals surface area (Å²) < 4.78 is 29.6. The van der Waals surface area contributed by atoms with Gasteiger partial charge in [-0.1, -0.05) is 0 Å². The Morgan fingerprint density at radius 3 is 2.41 bits per heavy atom. The van der Waals surface area contributed by atoms with Crippen LogP contribution in [-0.2, 0) is 5.54 Å². The highest BCUT2D eigenvalue weighted by atomic mass is 19.1. The van der Waals surface area contributed by atoms with Crippen molar-refractivity contribution in [3.8, 4) is 5.69 Å². The zero-order chi connectivity index (χ0) is 19.5. The van der Waals surface area contributed by atoms with Crippen LogP contribution < -0.4 is 11.2 Å². The molecule has 5 nitrogen and oxygen atoms in total. The number of hydrogen-bond donors (Lipinski definition) is 2. The Hall–Kier alpha value is -3.06. The van der Waals surface area contributed by atoms with Crippen LogP contribution in [0.1, 0.15) is 34.3 Å². The van der Waals surface area contributed by atoms with Crippen molar-refractivity contribution in [1.82, 2.24) is 4.57 Å². The summed E-state index contributed by atoms with van der Waals surface area (Å²) >= 11 is 0. The first-order valence-corrected chi connectivity index (χ1v) is 8.40. The van der Waals surface area contributed by atoms with Crippen LogP contribution in [-0.4, -0.2) is 15.6 Å². The molecule has 138 valence electrons. The number of nitrogens with two attached hydrogens (primary N) is 1. The number of nitrogens with zero attached hydrogens (tertiary/aromatic N) is 1. The van der Waals surface area contributed by atoms with Gasteiger partial charge in [0.1, 0.15) is 17.2 Å². The largest absolute Gasteiger partial charge is 0.477 e. The third-order valence-electron chi connectivity index (χ3n) is 5.11. The Labute approximate surface area is 152 Å². The van der Waals surface area contributed by atoms with Crippen LogP contribution in [0.15, 0.2) is 41.3 Å². The lowest BCUT2D eigenvalue weighted by Crippen LogP contribution is -2.25. The quantitative estimate of drug-likeness (QED) is 0.741. The highest BCUT2D eigenvalue weighted by molar-refractivity contribution is 5.94. The summed E-state index contributed by atoms with van der Waals surface area (Å²) in [7, 11) is 0. The molecule has 0 bridgehead atoms. The number of pyridine rings is 1. The fraction of sp³-hybridized carbons (Fsp3) is 0.200. The Kier molecular flexibility index (Phi) is 3.68. The lowest BCUT2D eigenvalue weighted by Gasteiger charge is -2.20. The number of carboxylic acid groups (broad SMARTS) is 1.